The van der Waals surface area contributed by atoms with Crippen LogP contribution in [0, 0.1) is 0 Å². The first-order valence-electron chi connectivity index (χ1n) is 11.0. The largest absolute Gasteiger partial charge is 0.494 e. The first-order chi connectivity index (χ1) is 16.1. The van der Waals surface area contributed by atoms with Crippen LogP contribution >= 0.6 is 0 Å². The molecular formula is C26H26N2O5. The molecule has 170 valence electrons. The van der Waals surface area contributed by atoms with E-state index in [1.165, 1.54) is 11.2 Å². The number of amides is 2. The van der Waals surface area contributed by atoms with Gasteiger partial charge in [-0.2, -0.15) is 0 Å². The number of ether oxygens (including phenoxy) is 2. The fourth-order valence-corrected chi connectivity index (χ4v) is 3.57. The fourth-order valence-electron chi connectivity index (χ4n) is 3.57. The molecule has 0 fully saturated rings. The minimum atomic E-state index is -0.417. The third-order valence-electron chi connectivity index (χ3n) is 5.09. The average molecular weight is 447 g/mol. The maximum Gasteiger partial charge on any atom is 0.278 e. The van der Waals surface area contributed by atoms with Gasteiger partial charge in [0.2, 0.25) is 0 Å². The van der Waals surface area contributed by atoms with Crippen LogP contribution in [-0.2, 0) is 16.1 Å². The van der Waals surface area contributed by atoms with Gasteiger partial charge in [-0.3, -0.25) is 14.5 Å². The summed E-state index contributed by atoms with van der Waals surface area (Å²) in [5.74, 6) is 1.11. The zero-order chi connectivity index (χ0) is 23.2. The summed E-state index contributed by atoms with van der Waals surface area (Å²) in [5.41, 5.74) is 1.79. The topological polar surface area (TPSA) is 81.0 Å². The van der Waals surface area contributed by atoms with Gasteiger partial charge < -0.3 is 19.2 Å². The molecule has 1 aliphatic rings. The molecule has 4 rings (SSSR count). The summed E-state index contributed by atoms with van der Waals surface area (Å²) in [7, 11) is 0. The molecule has 1 aromatic heterocycles. The average Bonchev–Trinajstić information content (AvgIpc) is 3.42. The predicted molar refractivity (Wildman–Crippen MR) is 125 cm³/mol. The van der Waals surface area contributed by atoms with Crippen LogP contribution in [0.3, 0.4) is 0 Å². The van der Waals surface area contributed by atoms with E-state index in [9.17, 15) is 9.59 Å². The van der Waals surface area contributed by atoms with Crippen LogP contribution in [0.25, 0.3) is 5.57 Å². The number of benzene rings is 2. The first-order valence-corrected chi connectivity index (χ1v) is 11.0. The summed E-state index contributed by atoms with van der Waals surface area (Å²) < 4.78 is 16.6. The van der Waals surface area contributed by atoms with E-state index in [1.807, 2.05) is 32.0 Å². The number of imide groups is 1. The molecule has 1 N–H and O–H groups in total. The van der Waals surface area contributed by atoms with E-state index in [-0.39, 0.29) is 18.1 Å². The van der Waals surface area contributed by atoms with Crippen molar-refractivity contribution in [1.29, 1.82) is 0 Å². The second-order valence-electron chi connectivity index (χ2n) is 7.48. The van der Waals surface area contributed by atoms with Crippen LogP contribution in [0.2, 0.25) is 0 Å². The highest BCUT2D eigenvalue weighted by Crippen LogP contribution is 2.33. The standard InChI is InChI=1S/C26H26N2O5/c1-3-14-32-20-12-10-18(11-13-20)23-24(27-19-7-5-8-21(16-19)31-4-2)26(30)28(25(23)29)17-22-9-6-15-33-22/h5-13,15-16,27H,3-4,14,17H2,1-2H3. The highest BCUT2D eigenvalue weighted by atomic mass is 16.5. The Bertz CT molecular complexity index is 1150. The van der Waals surface area contributed by atoms with E-state index >= 15 is 0 Å². The van der Waals surface area contributed by atoms with Crippen molar-refractivity contribution in [2.75, 3.05) is 18.5 Å². The van der Waals surface area contributed by atoms with Crippen molar-refractivity contribution < 1.29 is 23.5 Å². The Balaban J connectivity index is 1.69. The lowest BCUT2D eigenvalue weighted by atomic mass is 10.0. The van der Waals surface area contributed by atoms with Crippen LogP contribution in [0.15, 0.2) is 77.0 Å². The molecule has 0 aliphatic carbocycles. The van der Waals surface area contributed by atoms with E-state index in [0.717, 1.165) is 6.42 Å². The molecule has 7 nitrogen and oxygen atoms in total. The van der Waals surface area contributed by atoms with Crippen molar-refractivity contribution in [3.05, 3.63) is 83.9 Å². The number of rotatable bonds is 10. The zero-order valence-electron chi connectivity index (χ0n) is 18.7. The van der Waals surface area contributed by atoms with Crippen molar-refractivity contribution in [2.45, 2.75) is 26.8 Å². The third-order valence-corrected chi connectivity index (χ3v) is 5.09. The van der Waals surface area contributed by atoms with Crippen molar-refractivity contribution >= 4 is 23.1 Å². The minimum absolute atomic E-state index is 0.0516. The van der Waals surface area contributed by atoms with Gasteiger partial charge in [0.25, 0.3) is 11.8 Å². The lowest BCUT2D eigenvalue weighted by Gasteiger charge is -2.14. The maximum absolute atomic E-state index is 13.4. The van der Waals surface area contributed by atoms with Gasteiger partial charge >= 0.3 is 0 Å². The molecule has 2 heterocycles. The van der Waals surface area contributed by atoms with Gasteiger partial charge in [-0.25, -0.2) is 0 Å². The SMILES string of the molecule is CCCOc1ccc(C2=C(Nc3cccc(OCC)c3)C(=O)N(Cc3ccco3)C2=O)cc1. The number of carbonyl (C=O) groups is 2. The summed E-state index contributed by atoms with van der Waals surface area (Å²) in [6.07, 6.45) is 2.42. The molecule has 33 heavy (non-hydrogen) atoms. The van der Waals surface area contributed by atoms with Crippen LogP contribution in [0.1, 0.15) is 31.6 Å². The quantitative estimate of drug-likeness (QED) is 0.448. The Hall–Kier alpha value is -4.00. The number of nitrogens with one attached hydrogen (secondary N) is 1. The van der Waals surface area contributed by atoms with E-state index in [0.29, 0.717) is 47.3 Å². The van der Waals surface area contributed by atoms with E-state index < -0.39 is 5.91 Å². The molecule has 1 aliphatic heterocycles. The van der Waals surface area contributed by atoms with Gasteiger partial charge in [0.05, 0.1) is 31.6 Å². The molecule has 0 spiro atoms. The number of anilines is 1. The monoisotopic (exact) mass is 446 g/mol. The van der Waals surface area contributed by atoms with Crippen LogP contribution < -0.4 is 14.8 Å². The summed E-state index contributed by atoms with van der Waals surface area (Å²) in [6.45, 7) is 5.13. The van der Waals surface area contributed by atoms with Crippen molar-refractivity contribution in [3.63, 3.8) is 0 Å². The normalized spacial score (nSPS) is 13.6. The van der Waals surface area contributed by atoms with Crippen molar-refractivity contribution in [1.82, 2.24) is 4.90 Å². The highest BCUT2D eigenvalue weighted by Gasteiger charge is 2.39. The fraction of sp³-hybridized carbons (Fsp3) is 0.231. The van der Waals surface area contributed by atoms with Crippen LogP contribution in [-0.4, -0.2) is 29.9 Å². The molecule has 0 saturated heterocycles. The Morgan fingerprint density at radius 2 is 1.73 bits per heavy atom. The zero-order valence-corrected chi connectivity index (χ0v) is 18.7. The lowest BCUT2D eigenvalue weighted by Crippen LogP contribution is -2.31. The highest BCUT2D eigenvalue weighted by molar-refractivity contribution is 6.36. The second kappa shape index (κ2) is 10.1. The van der Waals surface area contributed by atoms with E-state index in [4.69, 9.17) is 13.9 Å². The Morgan fingerprint density at radius 3 is 2.42 bits per heavy atom. The predicted octanol–water partition coefficient (Wildman–Crippen LogP) is 4.86. The Labute approximate surface area is 192 Å². The lowest BCUT2D eigenvalue weighted by molar-refractivity contribution is -0.137. The van der Waals surface area contributed by atoms with Gasteiger partial charge in [-0.1, -0.05) is 25.1 Å². The van der Waals surface area contributed by atoms with Gasteiger partial charge in [-0.15, -0.1) is 0 Å². The molecule has 2 amide bonds. The molecule has 0 atom stereocenters. The molecule has 0 unspecified atom stereocenters. The molecule has 3 aromatic rings. The Kier molecular flexibility index (Phi) is 6.78. The van der Waals surface area contributed by atoms with Gasteiger partial charge in [-0.05, 0) is 55.3 Å². The maximum atomic E-state index is 13.4. The second-order valence-corrected chi connectivity index (χ2v) is 7.48. The molecule has 0 bridgehead atoms. The summed E-state index contributed by atoms with van der Waals surface area (Å²) in [6, 6.07) is 17.9. The minimum Gasteiger partial charge on any atom is -0.494 e. The molecule has 0 radical (unpaired) electrons. The molecule has 7 heteroatoms. The summed E-state index contributed by atoms with van der Waals surface area (Å²) in [5, 5.41) is 3.15. The smallest absolute Gasteiger partial charge is 0.278 e. The number of hydrogen-bond acceptors (Lipinski definition) is 6. The third kappa shape index (κ3) is 4.92. The van der Waals surface area contributed by atoms with Crippen LogP contribution in [0.4, 0.5) is 5.69 Å². The van der Waals surface area contributed by atoms with Gasteiger partial charge in [0.15, 0.2) is 0 Å². The number of carbonyl (C=O) groups excluding carboxylic acids is 2. The summed E-state index contributed by atoms with van der Waals surface area (Å²) in [4.78, 5) is 27.9. The molecule has 0 saturated carbocycles. The van der Waals surface area contributed by atoms with Gasteiger partial charge in [0.1, 0.15) is 23.0 Å². The number of nitrogens with zero attached hydrogens (tertiary/aromatic N) is 1. The number of furan rings is 1. The number of hydrogen-bond donors (Lipinski definition) is 1. The summed E-state index contributed by atoms with van der Waals surface area (Å²) >= 11 is 0. The molecule has 2 aromatic carbocycles. The van der Waals surface area contributed by atoms with Crippen molar-refractivity contribution in [3.8, 4) is 11.5 Å². The van der Waals surface area contributed by atoms with Crippen LogP contribution in [0.5, 0.6) is 11.5 Å². The van der Waals surface area contributed by atoms with E-state index in [2.05, 4.69) is 5.32 Å². The Morgan fingerprint density at radius 1 is 0.909 bits per heavy atom. The first kappa shape index (κ1) is 22.2. The van der Waals surface area contributed by atoms with E-state index in [1.54, 1.807) is 42.5 Å². The molecular weight excluding hydrogens is 420 g/mol. The van der Waals surface area contributed by atoms with Gasteiger partial charge in [0, 0.05) is 11.8 Å². The van der Waals surface area contributed by atoms with Crippen molar-refractivity contribution in [2.24, 2.45) is 0 Å².